The number of fused-ring (bicyclic) bond motifs is 3. The van der Waals surface area contributed by atoms with Gasteiger partial charge in [-0.3, -0.25) is 4.79 Å². The van der Waals surface area contributed by atoms with Gasteiger partial charge in [-0.15, -0.1) is 0 Å². The summed E-state index contributed by atoms with van der Waals surface area (Å²) >= 11 is 3.45. The van der Waals surface area contributed by atoms with Gasteiger partial charge in [0.1, 0.15) is 0 Å². The molecule has 24 heavy (non-hydrogen) atoms. The summed E-state index contributed by atoms with van der Waals surface area (Å²) < 4.78 is 1.01. The average molecular weight is 381 g/mol. The van der Waals surface area contributed by atoms with Crippen LogP contribution in [0.1, 0.15) is 16.8 Å². The summed E-state index contributed by atoms with van der Waals surface area (Å²) in [5.74, 6) is 0.0610. The summed E-state index contributed by atoms with van der Waals surface area (Å²) in [6.07, 6.45) is 4.42. The van der Waals surface area contributed by atoms with Gasteiger partial charge in [0.25, 0.3) is 0 Å². The largest absolute Gasteiger partial charge is 0.358 e. The highest BCUT2D eigenvalue weighted by molar-refractivity contribution is 9.10. The van der Waals surface area contributed by atoms with Crippen molar-refractivity contribution < 1.29 is 4.79 Å². The van der Waals surface area contributed by atoms with Crippen LogP contribution < -0.4 is 0 Å². The van der Waals surface area contributed by atoms with Gasteiger partial charge in [-0.25, -0.2) is 0 Å². The fraction of sp³-hybridized carbons (Fsp3) is 0.150. The highest BCUT2D eigenvalue weighted by Crippen LogP contribution is 2.27. The molecule has 2 aromatic carbocycles. The number of H-pyrrole nitrogens is 1. The zero-order chi connectivity index (χ0) is 16.5. The summed E-state index contributed by atoms with van der Waals surface area (Å²) in [5, 5.41) is 1.22. The first-order valence-corrected chi connectivity index (χ1v) is 8.81. The van der Waals surface area contributed by atoms with Crippen molar-refractivity contribution >= 4 is 38.8 Å². The Morgan fingerprint density at radius 2 is 2.04 bits per heavy atom. The number of nitrogens with one attached hydrogen (secondary N) is 1. The van der Waals surface area contributed by atoms with E-state index in [1.54, 1.807) is 6.08 Å². The van der Waals surface area contributed by atoms with Gasteiger partial charge >= 0.3 is 0 Å². The van der Waals surface area contributed by atoms with Crippen LogP contribution in [0.3, 0.4) is 0 Å². The second-order valence-corrected chi connectivity index (χ2v) is 6.94. The number of aromatic nitrogens is 1. The summed E-state index contributed by atoms with van der Waals surface area (Å²) in [7, 11) is 0. The number of nitrogens with zero attached hydrogens (tertiary/aromatic N) is 1. The predicted molar refractivity (Wildman–Crippen MR) is 101 cm³/mol. The molecule has 1 amide bonds. The van der Waals surface area contributed by atoms with Crippen LogP contribution in [0.15, 0.2) is 59.1 Å². The van der Waals surface area contributed by atoms with Crippen LogP contribution >= 0.6 is 15.9 Å². The number of para-hydroxylation sites is 1. The van der Waals surface area contributed by atoms with E-state index in [1.165, 1.54) is 16.6 Å². The molecule has 1 N–H and O–H groups in total. The number of aromatic amines is 1. The lowest BCUT2D eigenvalue weighted by atomic mass is 10.0. The summed E-state index contributed by atoms with van der Waals surface area (Å²) in [6, 6.07) is 16.2. The fourth-order valence-electron chi connectivity index (χ4n) is 3.24. The Kier molecular flexibility index (Phi) is 3.98. The molecule has 0 fully saturated rings. The number of carbonyl (C=O) groups is 1. The molecule has 0 saturated carbocycles. The molecule has 0 aliphatic carbocycles. The van der Waals surface area contributed by atoms with Crippen LogP contribution in [0, 0.1) is 0 Å². The SMILES string of the molecule is O=C(/C=C/c1cccc(Br)c1)N1CCc2[nH]c3ccccc3c2C1. The zero-order valence-electron chi connectivity index (χ0n) is 13.1. The van der Waals surface area contributed by atoms with Crippen LogP contribution in [-0.4, -0.2) is 22.3 Å². The van der Waals surface area contributed by atoms with Gasteiger partial charge in [-0.1, -0.05) is 46.3 Å². The standard InChI is InChI=1S/C20H17BrN2O/c21-15-5-3-4-14(12-15)8-9-20(24)23-11-10-19-17(13-23)16-6-1-2-7-18(16)22-19/h1-9,12,22H,10-11,13H2/b9-8+. The van der Waals surface area contributed by atoms with Gasteiger partial charge in [-0.05, 0) is 29.8 Å². The normalized spacial score (nSPS) is 14.3. The Morgan fingerprint density at radius 1 is 1.17 bits per heavy atom. The first-order chi connectivity index (χ1) is 11.7. The van der Waals surface area contributed by atoms with E-state index >= 15 is 0 Å². The molecule has 1 aliphatic heterocycles. The van der Waals surface area contributed by atoms with Gasteiger partial charge in [0.15, 0.2) is 0 Å². The van der Waals surface area contributed by atoms with E-state index in [0.29, 0.717) is 6.54 Å². The second-order valence-electron chi connectivity index (χ2n) is 6.03. The number of halogens is 1. The minimum Gasteiger partial charge on any atom is -0.358 e. The number of hydrogen-bond acceptors (Lipinski definition) is 1. The van der Waals surface area contributed by atoms with E-state index < -0.39 is 0 Å². The van der Waals surface area contributed by atoms with Crippen LogP contribution in [-0.2, 0) is 17.8 Å². The predicted octanol–water partition coefficient (Wildman–Crippen LogP) is 4.53. The molecular formula is C20H17BrN2O. The van der Waals surface area contributed by atoms with Crippen molar-refractivity contribution in [1.82, 2.24) is 9.88 Å². The quantitative estimate of drug-likeness (QED) is 0.651. The van der Waals surface area contributed by atoms with E-state index in [2.05, 4.69) is 33.0 Å². The molecule has 0 spiro atoms. The molecule has 1 aromatic heterocycles. The van der Waals surface area contributed by atoms with Gasteiger partial charge in [0.05, 0.1) is 0 Å². The smallest absolute Gasteiger partial charge is 0.246 e. The Balaban J connectivity index is 1.54. The molecule has 0 bridgehead atoms. The second kappa shape index (κ2) is 6.29. The molecule has 3 nitrogen and oxygen atoms in total. The van der Waals surface area contributed by atoms with Crippen LogP contribution in [0.2, 0.25) is 0 Å². The van der Waals surface area contributed by atoms with Gasteiger partial charge in [-0.2, -0.15) is 0 Å². The molecule has 0 radical (unpaired) electrons. The van der Waals surface area contributed by atoms with Crippen molar-refractivity contribution in [3.8, 4) is 0 Å². The Hall–Kier alpha value is -2.33. The maximum absolute atomic E-state index is 12.5. The lowest BCUT2D eigenvalue weighted by Gasteiger charge is -2.26. The Bertz CT molecular complexity index is 942. The minimum absolute atomic E-state index is 0.0610. The molecule has 0 unspecified atom stereocenters. The molecular weight excluding hydrogens is 364 g/mol. The van der Waals surface area contributed by atoms with E-state index in [1.807, 2.05) is 47.4 Å². The van der Waals surface area contributed by atoms with E-state index in [4.69, 9.17) is 0 Å². The van der Waals surface area contributed by atoms with Crippen molar-refractivity contribution in [2.24, 2.45) is 0 Å². The number of rotatable bonds is 2. The maximum Gasteiger partial charge on any atom is 0.246 e. The highest BCUT2D eigenvalue weighted by atomic mass is 79.9. The minimum atomic E-state index is 0.0610. The highest BCUT2D eigenvalue weighted by Gasteiger charge is 2.22. The molecule has 1 aliphatic rings. The molecule has 120 valence electrons. The molecule has 2 heterocycles. The third-order valence-corrected chi connectivity index (χ3v) is 4.95. The molecule has 3 aromatic rings. The first-order valence-electron chi connectivity index (χ1n) is 8.02. The lowest BCUT2D eigenvalue weighted by Crippen LogP contribution is -2.34. The van der Waals surface area contributed by atoms with Crippen LogP contribution in [0.25, 0.3) is 17.0 Å². The van der Waals surface area contributed by atoms with E-state index in [-0.39, 0.29) is 5.91 Å². The molecule has 4 rings (SSSR count). The van der Waals surface area contributed by atoms with Crippen LogP contribution in [0.4, 0.5) is 0 Å². The zero-order valence-corrected chi connectivity index (χ0v) is 14.7. The summed E-state index contributed by atoms with van der Waals surface area (Å²) in [6.45, 7) is 1.42. The van der Waals surface area contributed by atoms with Crippen molar-refractivity contribution in [1.29, 1.82) is 0 Å². The number of carbonyl (C=O) groups excluding carboxylic acids is 1. The molecule has 4 heteroatoms. The van der Waals surface area contributed by atoms with E-state index in [0.717, 1.165) is 28.5 Å². The van der Waals surface area contributed by atoms with Crippen molar-refractivity contribution in [2.75, 3.05) is 6.54 Å². The van der Waals surface area contributed by atoms with E-state index in [9.17, 15) is 4.79 Å². The van der Waals surface area contributed by atoms with Crippen molar-refractivity contribution in [3.05, 3.63) is 75.9 Å². The third-order valence-electron chi connectivity index (χ3n) is 4.46. The molecule has 0 saturated heterocycles. The molecule has 0 atom stereocenters. The van der Waals surface area contributed by atoms with Crippen LogP contribution in [0.5, 0.6) is 0 Å². The fourth-order valence-corrected chi connectivity index (χ4v) is 3.65. The van der Waals surface area contributed by atoms with Gasteiger partial charge < -0.3 is 9.88 Å². The first kappa shape index (κ1) is 15.2. The third kappa shape index (κ3) is 2.89. The number of hydrogen-bond donors (Lipinski definition) is 1. The topological polar surface area (TPSA) is 36.1 Å². The number of amides is 1. The summed E-state index contributed by atoms with van der Waals surface area (Å²) in [4.78, 5) is 17.9. The Morgan fingerprint density at radius 3 is 2.92 bits per heavy atom. The summed E-state index contributed by atoms with van der Waals surface area (Å²) in [5.41, 5.74) is 4.68. The average Bonchev–Trinajstić information content (AvgIpc) is 2.97. The van der Waals surface area contributed by atoms with Crippen molar-refractivity contribution in [3.63, 3.8) is 0 Å². The van der Waals surface area contributed by atoms with Gasteiger partial charge in [0, 0.05) is 52.2 Å². The van der Waals surface area contributed by atoms with Gasteiger partial charge in [0.2, 0.25) is 5.91 Å². The van der Waals surface area contributed by atoms with Crippen molar-refractivity contribution in [2.45, 2.75) is 13.0 Å². The monoisotopic (exact) mass is 380 g/mol. The lowest BCUT2D eigenvalue weighted by molar-refractivity contribution is -0.126. The maximum atomic E-state index is 12.5. The number of benzene rings is 2. The Labute approximate surface area is 149 Å².